The van der Waals surface area contributed by atoms with Crippen molar-refractivity contribution in [2.24, 2.45) is 16.3 Å². The summed E-state index contributed by atoms with van der Waals surface area (Å²) in [5.41, 5.74) is 5.22. The second-order valence-electron chi connectivity index (χ2n) is 8.30. The van der Waals surface area contributed by atoms with Crippen LogP contribution in [0.4, 0.5) is 5.69 Å². The van der Waals surface area contributed by atoms with Gasteiger partial charge in [-0.05, 0) is 73.7 Å². The van der Waals surface area contributed by atoms with Crippen LogP contribution >= 0.6 is 11.6 Å². The van der Waals surface area contributed by atoms with Crippen molar-refractivity contribution in [1.82, 2.24) is 10.3 Å². The lowest BCUT2D eigenvalue weighted by molar-refractivity contribution is 0.291. The summed E-state index contributed by atoms with van der Waals surface area (Å²) in [6, 6.07) is 14.5. The number of amidine groups is 1. The maximum absolute atomic E-state index is 6.16. The van der Waals surface area contributed by atoms with Gasteiger partial charge in [0.1, 0.15) is 5.84 Å². The number of hydrazine groups is 1. The number of hydrogen-bond acceptors (Lipinski definition) is 4. The van der Waals surface area contributed by atoms with Crippen molar-refractivity contribution in [3.8, 4) is 0 Å². The highest BCUT2D eigenvalue weighted by Gasteiger charge is 2.41. The number of hydrogen-bond donors (Lipinski definition) is 3. The van der Waals surface area contributed by atoms with E-state index in [1.54, 1.807) is 5.01 Å². The maximum atomic E-state index is 6.16. The summed E-state index contributed by atoms with van der Waals surface area (Å²) in [6.07, 6.45) is 4.19. The van der Waals surface area contributed by atoms with E-state index in [0.717, 1.165) is 61.7 Å². The van der Waals surface area contributed by atoms with Crippen LogP contribution in [0.1, 0.15) is 29.5 Å². The summed E-state index contributed by atoms with van der Waals surface area (Å²) in [5, 5.41) is 9.75. The Morgan fingerprint density at radius 3 is 2.72 bits per heavy atom. The van der Waals surface area contributed by atoms with E-state index in [9.17, 15) is 0 Å². The number of nitrogens with one attached hydrogen (secondary N) is 2. The molecule has 29 heavy (non-hydrogen) atoms. The van der Waals surface area contributed by atoms with Crippen LogP contribution in [0, 0.1) is 5.41 Å². The smallest absolute Gasteiger partial charge is 0.108 e. The van der Waals surface area contributed by atoms with E-state index in [4.69, 9.17) is 22.4 Å². The second-order valence-corrected chi connectivity index (χ2v) is 8.74. The lowest BCUT2D eigenvalue weighted by Crippen LogP contribution is -2.49. The van der Waals surface area contributed by atoms with E-state index in [2.05, 4.69) is 34.9 Å². The van der Waals surface area contributed by atoms with Gasteiger partial charge in [-0.15, -0.1) is 0 Å². The molecule has 4 N–H and O–H groups in total. The third-order valence-electron chi connectivity index (χ3n) is 6.15. The van der Waals surface area contributed by atoms with Gasteiger partial charge < -0.3 is 10.6 Å². The molecule has 2 aliphatic rings. The van der Waals surface area contributed by atoms with Crippen LogP contribution in [-0.4, -0.2) is 37.5 Å². The zero-order valence-corrected chi connectivity index (χ0v) is 17.8. The summed E-state index contributed by atoms with van der Waals surface area (Å²) in [5.74, 6) is 6.99. The number of nitrogens with zero attached hydrogens (tertiary/aromatic N) is 2. The van der Waals surface area contributed by atoms with E-state index in [0.29, 0.717) is 6.54 Å². The fourth-order valence-electron chi connectivity index (χ4n) is 4.51. The lowest BCUT2D eigenvalue weighted by atomic mass is 9.70. The average Bonchev–Trinajstić information content (AvgIpc) is 2.71. The van der Waals surface area contributed by atoms with Gasteiger partial charge in [-0.2, -0.15) is 0 Å². The molecule has 2 aromatic carbocycles. The van der Waals surface area contributed by atoms with Crippen LogP contribution in [0.15, 0.2) is 47.5 Å². The molecule has 6 heteroatoms. The van der Waals surface area contributed by atoms with Crippen molar-refractivity contribution in [2.75, 3.05) is 32.0 Å². The van der Waals surface area contributed by atoms with Crippen LogP contribution in [0.3, 0.4) is 0 Å². The van der Waals surface area contributed by atoms with Gasteiger partial charge in [0.25, 0.3) is 0 Å². The number of anilines is 1. The van der Waals surface area contributed by atoms with E-state index in [1.165, 1.54) is 16.8 Å². The molecule has 0 aliphatic carbocycles. The molecule has 0 saturated carbocycles. The van der Waals surface area contributed by atoms with E-state index < -0.39 is 0 Å². The number of likely N-dealkylation sites (N-methyl/N-ethyl adjacent to an activating group) is 1. The van der Waals surface area contributed by atoms with Gasteiger partial charge in [0, 0.05) is 29.7 Å². The Morgan fingerprint density at radius 2 is 1.97 bits per heavy atom. The first kappa shape index (κ1) is 20.4. The molecule has 1 spiro atoms. The quantitative estimate of drug-likeness (QED) is 0.519. The molecule has 4 rings (SSSR count). The first-order chi connectivity index (χ1) is 14.1. The van der Waals surface area contributed by atoms with Crippen LogP contribution in [0.2, 0.25) is 5.02 Å². The largest absolute Gasteiger partial charge is 0.343 e. The van der Waals surface area contributed by atoms with Crippen LogP contribution in [0.25, 0.3) is 0 Å². The summed E-state index contributed by atoms with van der Waals surface area (Å²) < 4.78 is 0. The van der Waals surface area contributed by atoms with E-state index in [-0.39, 0.29) is 5.41 Å². The summed E-state index contributed by atoms with van der Waals surface area (Å²) in [7, 11) is 1.92. The molecular weight excluding hydrogens is 382 g/mol. The normalized spacial score (nSPS) is 19.4. The van der Waals surface area contributed by atoms with Crippen LogP contribution in [0.5, 0.6) is 0 Å². The van der Waals surface area contributed by atoms with Gasteiger partial charge in [-0.25, -0.2) is 5.01 Å². The van der Waals surface area contributed by atoms with Gasteiger partial charge in [0.05, 0.1) is 6.54 Å². The standard InChI is InChI=1S/C23H30ClN5/c1-29(25)13-8-18-5-3-7-21-20(18)15-23(9-11-26-12-10-23)22(28-21)27-16-17-4-2-6-19(24)14-17/h2-7,14,26H,8-13,15-16,25H2,1H3,(H,27,28). The molecule has 2 heterocycles. The Hall–Kier alpha value is -1.92. The molecule has 0 radical (unpaired) electrons. The number of nitrogens with two attached hydrogens (primary N) is 1. The molecule has 2 aromatic rings. The van der Waals surface area contributed by atoms with Gasteiger partial charge in [-0.1, -0.05) is 35.9 Å². The van der Waals surface area contributed by atoms with Crippen LogP contribution < -0.4 is 16.5 Å². The molecular formula is C23H30ClN5. The minimum absolute atomic E-state index is 0.0710. The highest BCUT2D eigenvalue weighted by Crippen LogP contribution is 2.42. The predicted molar refractivity (Wildman–Crippen MR) is 121 cm³/mol. The number of fused-ring (bicyclic) bond motifs is 1. The first-order valence-electron chi connectivity index (χ1n) is 10.4. The third kappa shape index (κ3) is 4.64. The zero-order valence-electron chi connectivity index (χ0n) is 17.0. The number of piperidine rings is 1. The molecule has 0 bridgehead atoms. The molecule has 5 nitrogen and oxygen atoms in total. The highest BCUT2D eigenvalue weighted by molar-refractivity contribution is 6.30. The summed E-state index contributed by atoms with van der Waals surface area (Å²) >= 11 is 6.16. The fourth-order valence-corrected chi connectivity index (χ4v) is 4.72. The number of rotatable bonds is 5. The minimum Gasteiger partial charge on any atom is -0.343 e. The number of benzene rings is 2. The first-order valence-corrected chi connectivity index (χ1v) is 10.8. The molecule has 0 aromatic heterocycles. The fraction of sp³-hybridized carbons (Fsp3) is 0.435. The van der Waals surface area contributed by atoms with Crippen molar-refractivity contribution in [3.63, 3.8) is 0 Å². The Morgan fingerprint density at radius 1 is 1.17 bits per heavy atom. The zero-order chi connectivity index (χ0) is 20.3. The molecule has 1 fully saturated rings. The molecule has 0 unspecified atom stereocenters. The van der Waals surface area contributed by atoms with Crippen LogP contribution in [-0.2, 0) is 19.4 Å². The van der Waals surface area contributed by atoms with Crippen molar-refractivity contribution in [3.05, 3.63) is 64.2 Å². The van der Waals surface area contributed by atoms with Gasteiger partial charge in [0.2, 0.25) is 0 Å². The highest BCUT2D eigenvalue weighted by atomic mass is 35.5. The van der Waals surface area contributed by atoms with Gasteiger partial charge >= 0.3 is 0 Å². The Kier molecular flexibility index (Phi) is 6.20. The Bertz CT molecular complexity index is 887. The maximum Gasteiger partial charge on any atom is 0.108 e. The van der Waals surface area contributed by atoms with Crippen molar-refractivity contribution >= 4 is 23.1 Å². The third-order valence-corrected chi connectivity index (χ3v) is 6.38. The van der Waals surface area contributed by atoms with Crippen molar-refractivity contribution in [1.29, 1.82) is 0 Å². The van der Waals surface area contributed by atoms with E-state index in [1.807, 2.05) is 25.2 Å². The summed E-state index contributed by atoms with van der Waals surface area (Å²) in [6.45, 7) is 3.55. The Labute approximate surface area is 178 Å². The molecule has 154 valence electrons. The lowest BCUT2D eigenvalue weighted by Gasteiger charge is -2.43. The average molecular weight is 412 g/mol. The number of halogens is 1. The molecule has 0 amide bonds. The Balaban J connectivity index is 1.65. The van der Waals surface area contributed by atoms with Gasteiger partial charge in [0.15, 0.2) is 0 Å². The topological polar surface area (TPSA) is 65.7 Å². The second kappa shape index (κ2) is 8.84. The number of aliphatic imine (C=N–C) groups is 1. The SMILES string of the molecule is CN(N)CCc1cccc2c1CC1(CCNCC1)C(=NCc1cccc(Cl)c1)N2. The van der Waals surface area contributed by atoms with Crippen molar-refractivity contribution in [2.45, 2.75) is 32.2 Å². The summed E-state index contributed by atoms with van der Waals surface area (Å²) in [4.78, 5) is 5.07. The predicted octanol–water partition coefficient (Wildman–Crippen LogP) is 3.62. The van der Waals surface area contributed by atoms with Gasteiger partial charge in [-0.3, -0.25) is 10.8 Å². The van der Waals surface area contributed by atoms with Crippen molar-refractivity contribution < 1.29 is 0 Å². The minimum atomic E-state index is 0.0710. The van der Waals surface area contributed by atoms with E-state index >= 15 is 0 Å². The molecule has 0 atom stereocenters. The monoisotopic (exact) mass is 411 g/mol. The molecule has 2 aliphatic heterocycles. The molecule has 1 saturated heterocycles.